The van der Waals surface area contributed by atoms with Crippen molar-refractivity contribution in [3.63, 3.8) is 0 Å². The van der Waals surface area contributed by atoms with Crippen molar-refractivity contribution in [2.24, 2.45) is 0 Å². The van der Waals surface area contributed by atoms with Gasteiger partial charge in [-0.2, -0.15) is 0 Å². The highest BCUT2D eigenvalue weighted by Crippen LogP contribution is 2.07. The molecule has 0 aliphatic rings. The Morgan fingerprint density at radius 3 is 1.50 bits per heavy atom. The predicted octanol–water partition coefficient (Wildman–Crippen LogP) is -1.84. The van der Waals surface area contributed by atoms with E-state index in [2.05, 4.69) is 0 Å². The standard InChI is InChI=1S/C9H22NO4/c1-9(14)8-10(2-5-11,3-6-12)4-7-13/h9,11-14H,2-8H2,1H3/q+1. The van der Waals surface area contributed by atoms with Gasteiger partial charge in [0.05, 0.1) is 19.8 Å². The molecule has 0 aromatic carbocycles. The summed E-state index contributed by atoms with van der Waals surface area (Å²) < 4.78 is 0.362. The normalized spacial score (nSPS) is 14.4. The second-order valence-electron chi connectivity index (χ2n) is 3.71. The molecule has 0 fully saturated rings. The first kappa shape index (κ1) is 13.8. The highest BCUT2D eigenvalue weighted by molar-refractivity contribution is 4.50. The van der Waals surface area contributed by atoms with Gasteiger partial charge >= 0.3 is 0 Å². The molecule has 14 heavy (non-hydrogen) atoms. The summed E-state index contributed by atoms with van der Waals surface area (Å²) in [6.45, 7) is 3.44. The second-order valence-corrected chi connectivity index (χ2v) is 3.71. The lowest BCUT2D eigenvalue weighted by atomic mass is 10.2. The zero-order chi connectivity index (χ0) is 11.0. The van der Waals surface area contributed by atoms with Gasteiger partial charge in [-0.1, -0.05) is 0 Å². The van der Waals surface area contributed by atoms with E-state index in [1.165, 1.54) is 0 Å². The van der Waals surface area contributed by atoms with Crippen LogP contribution in [0.4, 0.5) is 0 Å². The maximum absolute atomic E-state index is 9.31. The molecule has 5 nitrogen and oxygen atoms in total. The molecule has 0 aromatic rings. The van der Waals surface area contributed by atoms with Crippen LogP contribution in [0, 0.1) is 0 Å². The molecule has 0 aromatic heterocycles. The quantitative estimate of drug-likeness (QED) is 0.353. The Labute approximate surface area is 84.8 Å². The summed E-state index contributed by atoms with van der Waals surface area (Å²) in [7, 11) is 0. The van der Waals surface area contributed by atoms with E-state index in [4.69, 9.17) is 15.3 Å². The number of rotatable bonds is 8. The van der Waals surface area contributed by atoms with Crippen LogP contribution in [0.5, 0.6) is 0 Å². The van der Waals surface area contributed by atoms with E-state index in [1.807, 2.05) is 0 Å². The highest BCUT2D eigenvalue weighted by atomic mass is 16.3. The molecule has 1 atom stereocenters. The third-order valence-corrected chi connectivity index (χ3v) is 2.37. The Morgan fingerprint density at radius 1 is 0.929 bits per heavy atom. The van der Waals surface area contributed by atoms with E-state index in [0.29, 0.717) is 30.7 Å². The Balaban J connectivity index is 4.37. The first-order valence-electron chi connectivity index (χ1n) is 4.96. The van der Waals surface area contributed by atoms with Crippen LogP contribution in [0.2, 0.25) is 0 Å². The van der Waals surface area contributed by atoms with Crippen LogP contribution in [-0.2, 0) is 0 Å². The van der Waals surface area contributed by atoms with Gasteiger partial charge in [-0.15, -0.1) is 0 Å². The maximum atomic E-state index is 9.31. The summed E-state index contributed by atoms with van der Waals surface area (Å²) in [6, 6.07) is 0. The number of hydrogen-bond acceptors (Lipinski definition) is 4. The molecule has 0 aliphatic heterocycles. The molecule has 0 rings (SSSR count). The lowest BCUT2D eigenvalue weighted by Gasteiger charge is -2.38. The van der Waals surface area contributed by atoms with E-state index in [0.717, 1.165) is 0 Å². The van der Waals surface area contributed by atoms with Crippen molar-refractivity contribution in [3.05, 3.63) is 0 Å². The molecule has 86 valence electrons. The fraction of sp³-hybridized carbons (Fsp3) is 1.00. The molecular weight excluding hydrogens is 186 g/mol. The van der Waals surface area contributed by atoms with Gasteiger partial charge in [0.15, 0.2) is 0 Å². The van der Waals surface area contributed by atoms with E-state index in [-0.39, 0.29) is 19.8 Å². The van der Waals surface area contributed by atoms with Gasteiger partial charge in [-0.05, 0) is 6.92 Å². The van der Waals surface area contributed by atoms with Crippen molar-refractivity contribution in [2.75, 3.05) is 46.0 Å². The van der Waals surface area contributed by atoms with Gasteiger partial charge in [0, 0.05) is 0 Å². The van der Waals surface area contributed by atoms with Crippen molar-refractivity contribution >= 4 is 0 Å². The maximum Gasteiger partial charge on any atom is 0.105 e. The van der Waals surface area contributed by atoms with E-state index >= 15 is 0 Å². The first-order chi connectivity index (χ1) is 6.60. The minimum Gasteiger partial charge on any atom is -0.391 e. The molecule has 1 unspecified atom stereocenters. The fourth-order valence-electron chi connectivity index (χ4n) is 1.81. The summed E-state index contributed by atoms with van der Waals surface area (Å²) >= 11 is 0. The lowest BCUT2D eigenvalue weighted by molar-refractivity contribution is -0.931. The Morgan fingerprint density at radius 2 is 1.29 bits per heavy atom. The zero-order valence-corrected chi connectivity index (χ0v) is 8.76. The van der Waals surface area contributed by atoms with Gasteiger partial charge < -0.3 is 24.9 Å². The monoisotopic (exact) mass is 208 g/mol. The number of hydrogen-bond donors (Lipinski definition) is 4. The van der Waals surface area contributed by atoms with Crippen LogP contribution in [0.15, 0.2) is 0 Å². The van der Waals surface area contributed by atoms with Crippen LogP contribution >= 0.6 is 0 Å². The molecule has 0 saturated carbocycles. The van der Waals surface area contributed by atoms with Crippen molar-refractivity contribution in [1.82, 2.24) is 0 Å². The minimum absolute atomic E-state index is 0.00722. The zero-order valence-electron chi connectivity index (χ0n) is 8.76. The molecule has 0 amide bonds. The van der Waals surface area contributed by atoms with Crippen LogP contribution in [-0.4, -0.2) is 77.0 Å². The van der Waals surface area contributed by atoms with Crippen molar-refractivity contribution in [2.45, 2.75) is 13.0 Å². The topological polar surface area (TPSA) is 80.9 Å². The molecule has 4 N–H and O–H groups in total. The summed E-state index contributed by atoms with van der Waals surface area (Å²) in [5.41, 5.74) is 0. The third kappa shape index (κ3) is 4.88. The lowest BCUT2D eigenvalue weighted by Crippen LogP contribution is -2.56. The molecular formula is C9H22NO4+. The van der Waals surface area contributed by atoms with Gasteiger partial charge in [0.25, 0.3) is 0 Å². The second kappa shape index (κ2) is 7.14. The summed E-state index contributed by atoms with van der Waals surface area (Å²) in [4.78, 5) is 0. The molecule has 0 aliphatic carbocycles. The van der Waals surface area contributed by atoms with Crippen LogP contribution < -0.4 is 0 Å². The Hall–Kier alpha value is -0.200. The first-order valence-corrected chi connectivity index (χ1v) is 4.96. The molecule has 0 heterocycles. The van der Waals surface area contributed by atoms with Gasteiger partial charge in [-0.3, -0.25) is 0 Å². The van der Waals surface area contributed by atoms with Crippen molar-refractivity contribution in [3.8, 4) is 0 Å². The van der Waals surface area contributed by atoms with E-state index < -0.39 is 6.10 Å². The third-order valence-electron chi connectivity index (χ3n) is 2.37. The van der Waals surface area contributed by atoms with Gasteiger partial charge in [0.1, 0.15) is 32.3 Å². The number of aliphatic hydroxyl groups is 4. The number of nitrogens with zero attached hydrogens (tertiary/aromatic N) is 1. The fourth-order valence-corrected chi connectivity index (χ4v) is 1.81. The largest absolute Gasteiger partial charge is 0.391 e. The van der Waals surface area contributed by atoms with Gasteiger partial charge in [-0.25, -0.2) is 0 Å². The van der Waals surface area contributed by atoms with Gasteiger partial charge in [0.2, 0.25) is 0 Å². The summed E-state index contributed by atoms with van der Waals surface area (Å²) in [5, 5.41) is 36.0. The number of quaternary nitrogens is 1. The highest BCUT2D eigenvalue weighted by Gasteiger charge is 2.27. The van der Waals surface area contributed by atoms with Crippen LogP contribution in [0.25, 0.3) is 0 Å². The van der Waals surface area contributed by atoms with Crippen LogP contribution in [0.1, 0.15) is 6.92 Å². The molecule has 0 radical (unpaired) electrons. The average molecular weight is 208 g/mol. The number of aliphatic hydroxyl groups excluding tert-OH is 4. The summed E-state index contributed by atoms with van der Waals surface area (Å²) in [5.74, 6) is 0. The predicted molar refractivity (Wildman–Crippen MR) is 52.7 cm³/mol. The Kier molecular flexibility index (Phi) is 7.04. The van der Waals surface area contributed by atoms with E-state index in [9.17, 15) is 5.11 Å². The molecule has 0 bridgehead atoms. The molecule has 0 spiro atoms. The minimum atomic E-state index is -0.500. The Bertz CT molecular complexity index is 124. The van der Waals surface area contributed by atoms with Crippen molar-refractivity contribution < 1.29 is 24.9 Å². The average Bonchev–Trinajstić information content (AvgIpc) is 2.03. The smallest absolute Gasteiger partial charge is 0.105 e. The molecule has 5 heteroatoms. The van der Waals surface area contributed by atoms with Crippen LogP contribution in [0.3, 0.4) is 0 Å². The summed E-state index contributed by atoms with van der Waals surface area (Å²) in [6.07, 6.45) is -0.500. The van der Waals surface area contributed by atoms with Crippen molar-refractivity contribution in [1.29, 1.82) is 0 Å². The molecule has 0 saturated heterocycles. The van der Waals surface area contributed by atoms with E-state index in [1.54, 1.807) is 6.92 Å². The SMILES string of the molecule is CC(O)C[N+](CCO)(CCO)CCO.